The quantitative estimate of drug-likeness (QED) is 0.417. The lowest BCUT2D eigenvalue weighted by atomic mass is 10.0. The first-order valence-corrected chi connectivity index (χ1v) is 5.73. The second-order valence-electron chi connectivity index (χ2n) is 4.22. The van der Waals surface area contributed by atoms with Crippen molar-refractivity contribution in [2.24, 2.45) is 11.6 Å². The Labute approximate surface area is 100 Å². The van der Waals surface area contributed by atoms with Crippen molar-refractivity contribution in [3.8, 4) is 0 Å². The van der Waals surface area contributed by atoms with Crippen molar-refractivity contribution in [3.63, 3.8) is 0 Å². The standard InChI is InChI=1S/C10H21FN4O2/c1-17-9-2-3-15(6-8(9)11)10(16)4-7(5-12)14-13/h7-9,14H,2-6,12-13H2,1H3/t7?,8-,9+/m1/s1. The molecule has 1 amide bonds. The van der Waals surface area contributed by atoms with Crippen LogP contribution in [0.25, 0.3) is 0 Å². The van der Waals surface area contributed by atoms with Crippen LogP contribution in [0.15, 0.2) is 0 Å². The Bertz CT molecular complexity index is 250. The molecule has 5 N–H and O–H groups in total. The summed E-state index contributed by atoms with van der Waals surface area (Å²) in [6.45, 7) is 0.870. The number of hydrogen-bond acceptors (Lipinski definition) is 5. The van der Waals surface area contributed by atoms with E-state index in [0.29, 0.717) is 13.0 Å². The maximum atomic E-state index is 13.6. The Hall–Kier alpha value is -0.760. The molecule has 3 atom stereocenters. The van der Waals surface area contributed by atoms with Crippen LogP contribution >= 0.6 is 0 Å². The van der Waals surface area contributed by atoms with Gasteiger partial charge in [-0.15, -0.1) is 0 Å². The number of hydrogen-bond donors (Lipinski definition) is 3. The predicted molar refractivity (Wildman–Crippen MR) is 61.7 cm³/mol. The van der Waals surface area contributed by atoms with Gasteiger partial charge in [-0.05, 0) is 6.42 Å². The maximum absolute atomic E-state index is 13.6. The van der Waals surface area contributed by atoms with Crippen LogP contribution in [0.1, 0.15) is 12.8 Å². The minimum Gasteiger partial charge on any atom is -0.378 e. The highest BCUT2D eigenvalue weighted by atomic mass is 19.1. The highest BCUT2D eigenvalue weighted by Crippen LogP contribution is 2.17. The first-order valence-electron chi connectivity index (χ1n) is 5.73. The minimum atomic E-state index is -1.13. The van der Waals surface area contributed by atoms with Crippen molar-refractivity contribution in [1.82, 2.24) is 10.3 Å². The van der Waals surface area contributed by atoms with E-state index in [1.54, 1.807) is 0 Å². The maximum Gasteiger partial charge on any atom is 0.224 e. The van der Waals surface area contributed by atoms with Crippen LogP contribution in [0.5, 0.6) is 0 Å². The number of carbonyl (C=O) groups is 1. The molecule has 1 heterocycles. The van der Waals surface area contributed by atoms with E-state index in [2.05, 4.69) is 5.43 Å². The lowest BCUT2D eigenvalue weighted by Crippen LogP contribution is -2.50. The molecule has 0 spiro atoms. The highest BCUT2D eigenvalue weighted by molar-refractivity contribution is 5.77. The number of hydrazine groups is 1. The average Bonchev–Trinajstić information content (AvgIpc) is 2.35. The highest BCUT2D eigenvalue weighted by Gasteiger charge is 2.31. The van der Waals surface area contributed by atoms with Gasteiger partial charge in [0.1, 0.15) is 6.17 Å². The van der Waals surface area contributed by atoms with Gasteiger partial charge in [0.15, 0.2) is 0 Å². The minimum absolute atomic E-state index is 0.0825. The van der Waals surface area contributed by atoms with Gasteiger partial charge in [0, 0.05) is 32.7 Å². The van der Waals surface area contributed by atoms with Gasteiger partial charge in [-0.1, -0.05) is 0 Å². The number of alkyl halides is 1. The van der Waals surface area contributed by atoms with Crippen LogP contribution in [0.4, 0.5) is 4.39 Å². The summed E-state index contributed by atoms with van der Waals surface area (Å²) in [7, 11) is 1.48. The molecule has 0 aromatic rings. The van der Waals surface area contributed by atoms with E-state index in [9.17, 15) is 9.18 Å². The van der Waals surface area contributed by atoms with E-state index in [4.69, 9.17) is 16.3 Å². The fourth-order valence-electron chi connectivity index (χ4n) is 1.93. The first-order chi connectivity index (χ1) is 8.12. The van der Waals surface area contributed by atoms with Gasteiger partial charge in [0.25, 0.3) is 0 Å². The molecule has 0 saturated carbocycles. The number of rotatable bonds is 5. The molecule has 1 aliphatic rings. The summed E-state index contributed by atoms with van der Waals surface area (Å²) in [6, 6.07) is -0.263. The van der Waals surface area contributed by atoms with E-state index in [1.807, 2.05) is 0 Å². The number of amides is 1. The van der Waals surface area contributed by atoms with Crippen molar-refractivity contribution in [1.29, 1.82) is 0 Å². The summed E-state index contributed by atoms with van der Waals surface area (Å²) in [5.41, 5.74) is 7.89. The van der Waals surface area contributed by atoms with Gasteiger partial charge in [0.05, 0.1) is 12.6 Å². The Morgan fingerprint density at radius 2 is 2.41 bits per heavy atom. The number of nitrogens with two attached hydrogens (primary N) is 2. The Morgan fingerprint density at radius 1 is 1.71 bits per heavy atom. The van der Waals surface area contributed by atoms with Crippen molar-refractivity contribution < 1.29 is 13.9 Å². The molecule has 1 aliphatic heterocycles. The van der Waals surface area contributed by atoms with Crippen molar-refractivity contribution in [2.75, 3.05) is 26.7 Å². The third kappa shape index (κ3) is 3.88. The molecule has 0 aromatic carbocycles. The van der Waals surface area contributed by atoms with Crippen LogP contribution in [-0.2, 0) is 9.53 Å². The van der Waals surface area contributed by atoms with Gasteiger partial charge in [0.2, 0.25) is 5.91 Å². The number of carbonyl (C=O) groups excluding carboxylic acids is 1. The molecule has 7 heteroatoms. The SMILES string of the molecule is CO[C@H]1CCN(C(=O)CC(CN)NN)C[C@H]1F. The number of nitrogens with one attached hydrogen (secondary N) is 1. The van der Waals surface area contributed by atoms with E-state index >= 15 is 0 Å². The molecule has 100 valence electrons. The van der Waals surface area contributed by atoms with Gasteiger partial charge >= 0.3 is 0 Å². The number of halogens is 1. The smallest absolute Gasteiger partial charge is 0.224 e. The van der Waals surface area contributed by atoms with Crippen LogP contribution in [0, 0.1) is 0 Å². The lowest BCUT2D eigenvalue weighted by Gasteiger charge is -2.34. The first kappa shape index (κ1) is 14.3. The second-order valence-corrected chi connectivity index (χ2v) is 4.22. The summed E-state index contributed by atoms with van der Waals surface area (Å²) >= 11 is 0. The second kappa shape index (κ2) is 6.85. The molecule has 1 unspecified atom stereocenters. The zero-order chi connectivity index (χ0) is 12.8. The number of methoxy groups -OCH3 is 1. The van der Waals surface area contributed by atoms with Crippen molar-refractivity contribution in [2.45, 2.75) is 31.2 Å². The lowest BCUT2D eigenvalue weighted by molar-refractivity contribution is -0.136. The van der Waals surface area contributed by atoms with E-state index < -0.39 is 12.3 Å². The zero-order valence-electron chi connectivity index (χ0n) is 10.1. The molecular weight excluding hydrogens is 227 g/mol. The molecule has 6 nitrogen and oxygen atoms in total. The number of piperidine rings is 1. The van der Waals surface area contributed by atoms with Gasteiger partial charge in [-0.2, -0.15) is 0 Å². The summed E-state index contributed by atoms with van der Waals surface area (Å²) < 4.78 is 18.6. The zero-order valence-corrected chi connectivity index (χ0v) is 10.1. The Morgan fingerprint density at radius 3 is 2.88 bits per heavy atom. The fourth-order valence-corrected chi connectivity index (χ4v) is 1.93. The molecule has 0 aromatic heterocycles. The molecule has 1 rings (SSSR count). The molecule has 0 bridgehead atoms. The normalized spacial score (nSPS) is 26.9. The van der Waals surface area contributed by atoms with Crippen LogP contribution in [0.2, 0.25) is 0 Å². The van der Waals surface area contributed by atoms with Crippen LogP contribution in [-0.4, -0.2) is 55.9 Å². The monoisotopic (exact) mass is 248 g/mol. The topological polar surface area (TPSA) is 93.6 Å². The van der Waals surface area contributed by atoms with E-state index in [0.717, 1.165) is 0 Å². The van der Waals surface area contributed by atoms with E-state index in [1.165, 1.54) is 12.0 Å². The average molecular weight is 248 g/mol. The Kier molecular flexibility index (Phi) is 5.76. The fraction of sp³-hybridized carbons (Fsp3) is 0.900. The summed E-state index contributed by atoms with van der Waals surface area (Å²) in [5.74, 6) is 5.11. The summed E-state index contributed by atoms with van der Waals surface area (Å²) in [6.07, 6.45) is -0.818. The Balaban J connectivity index is 2.43. The molecule has 17 heavy (non-hydrogen) atoms. The van der Waals surface area contributed by atoms with Crippen LogP contribution in [0.3, 0.4) is 0 Å². The van der Waals surface area contributed by atoms with Crippen molar-refractivity contribution >= 4 is 5.91 Å². The predicted octanol–water partition coefficient (Wildman–Crippen LogP) is -1.25. The van der Waals surface area contributed by atoms with Gasteiger partial charge in [-0.3, -0.25) is 16.1 Å². The molecule has 1 fully saturated rings. The third-order valence-electron chi connectivity index (χ3n) is 3.08. The number of ether oxygens (including phenoxy) is 1. The third-order valence-corrected chi connectivity index (χ3v) is 3.08. The van der Waals surface area contributed by atoms with Crippen LogP contribution < -0.4 is 17.0 Å². The molecular formula is C10H21FN4O2. The van der Waals surface area contributed by atoms with Gasteiger partial charge in [-0.25, -0.2) is 4.39 Å². The van der Waals surface area contributed by atoms with Gasteiger partial charge < -0.3 is 15.4 Å². The molecule has 0 radical (unpaired) electrons. The van der Waals surface area contributed by atoms with Crippen molar-refractivity contribution in [3.05, 3.63) is 0 Å². The molecule has 0 aliphatic carbocycles. The van der Waals surface area contributed by atoms with E-state index in [-0.39, 0.29) is 31.5 Å². The summed E-state index contributed by atoms with van der Waals surface area (Å²) in [5, 5.41) is 0. The largest absolute Gasteiger partial charge is 0.378 e. The number of nitrogens with zero attached hydrogens (tertiary/aromatic N) is 1. The number of likely N-dealkylation sites (tertiary alicyclic amines) is 1. The molecule has 1 saturated heterocycles. The summed E-state index contributed by atoms with van der Waals surface area (Å²) in [4.78, 5) is 13.3.